The molecule has 1 aromatic carbocycles. The highest BCUT2D eigenvalue weighted by Gasteiger charge is 2.09. The molecule has 0 atom stereocenters. The highest BCUT2D eigenvalue weighted by molar-refractivity contribution is 5.37. The first kappa shape index (κ1) is 15.4. The van der Waals surface area contributed by atoms with E-state index in [1.54, 1.807) is 5.56 Å². The summed E-state index contributed by atoms with van der Waals surface area (Å²) in [4.78, 5) is 0. The maximum absolute atomic E-state index is 5.90. The summed E-state index contributed by atoms with van der Waals surface area (Å²) in [6.45, 7) is 3.15. The fourth-order valence-corrected chi connectivity index (χ4v) is 3.05. The van der Waals surface area contributed by atoms with Crippen LogP contribution in [0.25, 0.3) is 0 Å². The van der Waals surface area contributed by atoms with Crippen LogP contribution in [-0.4, -0.2) is 6.61 Å². The molecule has 0 aromatic heterocycles. The SMILES string of the molecule is CCCCCCCCCOc1ccc2c(c1)CCCC2. The van der Waals surface area contributed by atoms with Gasteiger partial charge in [0, 0.05) is 0 Å². The number of ether oxygens (including phenoxy) is 1. The minimum Gasteiger partial charge on any atom is -0.494 e. The molecule has 112 valence electrons. The Morgan fingerprint density at radius 2 is 1.55 bits per heavy atom. The van der Waals surface area contributed by atoms with Crippen LogP contribution in [0.1, 0.15) is 75.8 Å². The quantitative estimate of drug-likeness (QED) is 0.525. The molecule has 0 heterocycles. The van der Waals surface area contributed by atoms with Crippen LogP contribution in [0.4, 0.5) is 0 Å². The molecule has 0 fully saturated rings. The van der Waals surface area contributed by atoms with Crippen LogP contribution in [0.5, 0.6) is 5.75 Å². The molecule has 0 spiro atoms. The molecule has 0 saturated heterocycles. The molecular weight excluding hydrogens is 244 g/mol. The molecule has 0 unspecified atom stereocenters. The lowest BCUT2D eigenvalue weighted by atomic mass is 9.92. The van der Waals surface area contributed by atoms with Crippen LogP contribution >= 0.6 is 0 Å². The predicted molar refractivity (Wildman–Crippen MR) is 86.6 cm³/mol. The van der Waals surface area contributed by atoms with Gasteiger partial charge in [-0.3, -0.25) is 0 Å². The maximum Gasteiger partial charge on any atom is 0.119 e. The van der Waals surface area contributed by atoms with Crippen LogP contribution in [0.3, 0.4) is 0 Å². The summed E-state index contributed by atoms with van der Waals surface area (Å²) in [7, 11) is 0. The van der Waals surface area contributed by atoms with Crippen molar-refractivity contribution in [3.8, 4) is 5.75 Å². The van der Waals surface area contributed by atoms with Crippen molar-refractivity contribution >= 4 is 0 Å². The minimum atomic E-state index is 0.882. The first-order valence-corrected chi connectivity index (χ1v) is 8.65. The second-order valence-electron chi connectivity index (χ2n) is 6.11. The van der Waals surface area contributed by atoms with Gasteiger partial charge in [0.2, 0.25) is 0 Å². The van der Waals surface area contributed by atoms with Gasteiger partial charge in [-0.1, -0.05) is 51.5 Å². The largest absolute Gasteiger partial charge is 0.494 e. The summed E-state index contributed by atoms with van der Waals surface area (Å²) in [5.41, 5.74) is 3.06. The molecule has 0 amide bonds. The molecule has 0 saturated carbocycles. The molecule has 0 N–H and O–H groups in total. The van der Waals surface area contributed by atoms with E-state index in [-0.39, 0.29) is 0 Å². The van der Waals surface area contributed by atoms with Gasteiger partial charge in [-0.2, -0.15) is 0 Å². The van der Waals surface area contributed by atoms with Gasteiger partial charge in [0.05, 0.1) is 6.61 Å². The molecule has 0 radical (unpaired) electrons. The van der Waals surface area contributed by atoms with Crippen molar-refractivity contribution in [3.05, 3.63) is 29.3 Å². The van der Waals surface area contributed by atoms with E-state index < -0.39 is 0 Å². The molecule has 1 aromatic rings. The maximum atomic E-state index is 5.90. The van der Waals surface area contributed by atoms with Gasteiger partial charge < -0.3 is 4.74 Å². The van der Waals surface area contributed by atoms with Crippen molar-refractivity contribution < 1.29 is 4.74 Å². The lowest BCUT2D eigenvalue weighted by Crippen LogP contribution is -2.04. The van der Waals surface area contributed by atoms with Crippen LogP contribution in [0, 0.1) is 0 Å². The number of aryl methyl sites for hydroxylation is 2. The topological polar surface area (TPSA) is 9.23 Å². The number of benzene rings is 1. The molecule has 1 aliphatic rings. The lowest BCUT2D eigenvalue weighted by molar-refractivity contribution is 0.304. The fraction of sp³-hybridized carbons (Fsp3) is 0.684. The third kappa shape index (κ3) is 5.19. The van der Waals surface area contributed by atoms with Crippen molar-refractivity contribution in [1.29, 1.82) is 0 Å². The van der Waals surface area contributed by atoms with Crippen LogP contribution in [0.2, 0.25) is 0 Å². The standard InChI is InChI=1S/C19H30O/c1-2-3-4-5-6-7-10-15-20-19-14-13-17-11-8-9-12-18(17)16-19/h13-14,16H,2-12,15H2,1H3. The summed E-state index contributed by atoms with van der Waals surface area (Å²) in [6.07, 6.45) is 14.6. The molecule has 20 heavy (non-hydrogen) atoms. The summed E-state index contributed by atoms with van der Waals surface area (Å²) >= 11 is 0. The highest BCUT2D eigenvalue weighted by Crippen LogP contribution is 2.25. The van der Waals surface area contributed by atoms with Gasteiger partial charge in [0.15, 0.2) is 0 Å². The summed E-state index contributed by atoms with van der Waals surface area (Å²) in [5, 5.41) is 0. The van der Waals surface area contributed by atoms with E-state index in [0.29, 0.717) is 0 Å². The van der Waals surface area contributed by atoms with E-state index in [9.17, 15) is 0 Å². The van der Waals surface area contributed by atoms with Crippen molar-refractivity contribution in [2.75, 3.05) is 6.61 Å². The van der Waals surface area contributed by atoms with Crippen molar-refractivity contribution in [3.63, 3.8) is 0 Å². The molecule has 0 bridgehead atoms. The number of hydrogen-bond acceptors (Lipinski definition) is 1. The van der Waals surface area contributed by atoms with E-state index in [1.807, 2.05) is 0 Å². The number of unbranched alkanes of at least 4 members (excludes halogenated alkanes) is 6. The Labute approximate surface area is 124 Å². The smallest absolute Gasteiger partial charge is 0.119 e. The van der Waals surface area contributed by atoms with Crippen molar-refractivity contribution in [2.24, 2.45) is 0 Å². The molecular formula is C19H30O. The second kappa shape index (κ2) is 9.05. The Kier molecular flexibility index (Phi) is 6.97. The first-order valence-electron chi connectivity index (χ1n) is 8.65. The fourth-order valence-electron chi connectivity index (χ4n) is 3.05. The van der Waals surface area contributed by atoms with Crippen LogP contribution in [-0.2, 0) is 12.8 Å². The molecule has 1 aliphatic carbocycles. The van der Waals surface area contributed by atoms with E-state index in [2.05, 4.69) is 25.1 Å². The second-order valence-corrected chi connectivity index (χ2v) is 6.11. The third-order valence-electron chi connectivity index (χ3n) is 4.34. The third-order valence-corrected chi connectivity index (χ3v) is 4.34. The van der Waals surface area contributed by atoms with E-state index >= 15 is 0 Å². The van der Waals surface area contributed by atoms with Gasteiger partial charge >= 0.3 is 0 Å². The molecule has 1 heteroatoms. The summed E-state index contributed by atoms with van der Waals surface area (Å²) in [5.74, 6) is 1.08. The predicted octanol–water partition coefficient (Wildman–Crippen LogP) is 5.69. The minimum absolute atomic E-state index is 0.882. The monoisotopic (exact) mass is 274 g/mol. The van der Waals surface area contributed by atoms with Gasteiger partial charge in [-0.15, -0.1) is 0 Å². The van der Waals surface area contributed by atoms with Gasteiger partial charge in [-0.25, -0.2) is 0 Å². The summed E-state index contributed by atoms with van der Waals surface area (Å²) in [6, 6.07) is 6.70. The average molecular weight is 274 g/mol. The Morgan fingerprint density at radius 3 is 2.35 bits per heavy atom. The van der Waals surface area contributed by atoms with Gasteiger partial charge in [0.1, 0.15) is 5.75 Å². The van der Waals surface area contributed by atoms with Crippen molar-refractivity contribution in [1.82, 2.24) is 0 Å². The zero-order valence-electron chi connectivity index (χ0n) is 13.1. The van der Waals surface area contributed by atoms with Crippen LogP contribution in [0.15, 0.2) is 18.2 Å². The number of fused-ring (bicyclic) bond motifs is 1. The van der Waals surface area contributed by atoms with Crippen LogP contribution < -0.4 is 4.74 Å². The first-order chi connectivity index (χ1) is 9.90. The Hall–Kier alpha value is -0.980. The van der Waals surface area contributed by atoms with E-state index in [4.69, 9.17) is 4.74 Å². The normalized spacial score (nSPS) is 14.1. The lowest BCUT2D eigenvalue weighted by Gasteiger charge is -2.16. The average Bonchev–Trinajstić information content (AvgIpc) is 2.50. The molecule has 2 rings (SSSR count). The van der Waals surface area contributed by atoms with Gasteiger partial charge in [-0.05, 0) is 55.4 Å². The summed E-state index contributed by atoms with van der Waals surface area (Å²) < 4.78 is 5.90. The Balaban J connectivity index is 1.60. The van der Waals surface area contributed by atoms with E-state index in [1.165, 1.54) is 76.2 Å². The highest BCUT2D eigenvalue weighted by atomic mass is 16.5. The van der Waals surface area contributed by atoms with Gasteiger partial charge in [0.25, 0.3) is 0 Å². The zero-order valence-corrected chi connectivity index (χ0v) is 13.1. The zero-order chi connectivity index (χ0) is 14.0. The number of hydrogen-bond donors (Lipinski definition) is 0. The van der Waals surface area contributed by atoms with Crippen molar-refractivity contribution in [2.45, 2.75) is 77.6 Å². The Morgan fingerprint density at radius 1 is 0.850 bits per heavy atom. The van der Waals surface area contributed by atoms with E-state index in [0.717, 1.165) is 12.4 Å². The Bertz CT molecular complexity index is 383. The molecule has 0 aliphatic heterocycles. The number of rotatable bonds is 9. The molecule has 1 nitrogen and oxygen atoms in total.